The number of phenolic OH excluding ortho intramolecular Hbond substituents is 1. The Morgan fingerprint density at radius 2 is 2.00 bits per heavy atom. The third-order valence-electron chi connectivity index (χ3n) is 1.12. The van der Waals surface area contributed by atoms with Crippen molar-refractivity contribution in [1.29, 1.82) is 0 Å². The first-order valence-corrected chi connectivity index (χ1v) is 2.67. The van der Waals surface area contributed by atoms with Crippen molar-refractivity contribution in [3.63, 3.8) is 0 Å². The van der Waals surface area contributed by atoms with Gasteiger partial charge in [0.25, 0.3) is 0 Å². The largest absolute Gasteiger partial charge is 0.508 e. The van der Waals surface area contributed by atoms with Crippen molar-refractivity contribution in [3.8, 4) is 5.75 Å². The molecule has 3 N–H and O–H groups in total. The second-order valence-electron chi connectivity index (χ2n) is 1.73. The van der Waals surface area contributed by atoms with Gasteiger partial charge in [0.1, 0.15) is 5.75 Å². The van der Waals surface area contributed by atoms with Crippen molar-refractivity contribution in [1.82, 2.24) is 0 Å². The van der Waals surface area contributed by atoms with Crippen LogP contribution in [0.5, 0.6) is 5.75 Å². The second-order valence-corrected chi connectivity index (χ2v) is 1.73. The van der Waals surface area contributed by atoms with E-state index in [4.69, 9.17) is 10.8 Å². The van der Waals surface area contributed by atoms with Crippen LogP contribution in [0.15, 0.2) is 24.3 Å². The first kappa shape index (κ1) is 6.11. The number of hydrogen-bond donors (Lipinski definition) is 2. The maximum absolute atomic E-state index is 9.00. The highest BCUT2D eigenvalue weighted by Crippen LogP contribution is 2.14. The maximum atomic E-state index is 9.00. The summed E-state index contributed by atoms with van der Waals surface area (Å²) in [6, 6.07) is 6.91. The van der Waals surface area contributed by atoms with Crippen LogP contribution in [0.4, 0.5) is 0 Å². The third-order valence-corrected chi connectivity index (χ3v) is 1.12. The molecule has 0 aromatic heterocycles. The Morgan fingerprint density at radius 1 is 1.33 bits per heavy atom. The number of benzene rings is 1. The molecule has 0 amide bonds. The highest BCUT2D eigenvalue weighted by atomic mass is 16.3. The van der Waals surface area contributed by atoms with Gasteiger partial charge in [0.05, 0.1) is 6.54 Å². The van der Waals surface area contributed by atoms with Crippen molar-refractivity contribution in [2.75, 3.05) is 0 Å². The van der Waals surface area contributed by atoms with Crippen LogP contribution in [-0.2, 0) is 0 Å². The van der Waals surface area contributed by atoms with E-state index in [-0.39, 0.29) is 5.75 Å². The Balaban J connectivity index is 3.01. The van der Waals surface area contributed by atoms with Crippen LogP contribution in [0.2, 0.25) is 0 Å². The van der Waals surface area contributed by atoms with E-state index in [9.17, 15) is 0 Å². The number of hydrogen-bond acceptors (Lipinski definition) is 2. The summed E-state index contributed by atoms with van der Waals surface area (Å²) in [6.45, 7) is 1.37. The van der Waals surface area contributed by atoms with Gasteiger partial charge in [-0.2, -0.15) is 0 Å². The van der Waals surface area contributed by atoms with Gasteiger partial charge in [-0.15, -0.1) is 0 Å². The number of nitrogens with two attached hydrogens (primary N) is 1. The normalized spacial score (nSPS) is 9.44. The Bertz CT molecular complexity index is 198. The summed E-state index contributed by atoms with van der Waals surface area (Å²) < 4.78 is 0. The molecule has 1 rings (SSSR count). The molecule has 0 fully saturated rings. The van der Waals surface area contributed by atoms with Crippen LogP contribution in [0.1, 0.15) is 5.56 Å². The topological polar surface area (TPSA) is 46.2 Å². The predicted molar refractivity (Wildman–Crippen MR) is 35.7 cm³/mol. The zero-order valence-electron chi connectivity index (χ0n) is 4.91. The van der Waals surface area contributed by atoms with Gasteiger partial charge in [0.2, 0.25) is 0 Å². The van der Waals surface area contributed by atoms with Gasteiger partial charge >= 0.3 is 0 Å². The van der Waals surface area contributed by atoms with Crippen LogP contribution >= 0.6 is 0 Å². The summed E-state index contributed by atoms with van der Waals surface area (Å²) >= 11 is 0. The summed E-state index contributed by atoms with van der Waals surface area (Å²) in [5.74, 6) is 0.222. The Labute approximate surface area is 53.9 Å². The predicted octanol–water partition coefficient (Wildman–Crippen LogP) is 0.861. The van der Waals surface area contributed by atoms with E-state index in [2.05, 4.69) is 0 Å². The molecule has 0 heterocycles. The molecule has 0 aliphatic heterocycles. The lowest BCUT2D eigenvalue weighted by Gasteiger charge is -1.96. The lowest BCUT2D eigenvalue weighted by atomic mass is 10.2. The molecule has 0 atom stereocenters. The zero-order chi connectivity index (χ0) is 6.69. The molecule has 0 saturated heterocycles. The fourth-order valence-electron chi connectivity index (χ4n) is 0.628. The van der Waals surface area contributed by atoms with E-state index in [0.717, 1.165) is 0 Å². The fourth-order valence-corrected chi connectivity index (χ4v) is 0.628. The lowest BCUT2D eigenvalue weighted by Crippen LogP contribution is -1.91. The maximum Gasteiger partial charge on any atom is 0.120 e. The summed E-state index contributed by atoms with van der Waals surface area (Å²) in [4.78, 5) is 0. The molecule has 0 aliphatic carbocycles. The molecule has 2 nitrogen and oxygen atoms in total. The van der Waals surface area contributed by atoms with Crippen LogP contribution in [-0.4, -0.2) is 5.11 Å². The average molecular weight is 122 g/mol. The molecule has 0 saturated carbocycles. The third kappa shape index (κ3) is 1.21. The van der Waals surface area contributed by atoms with Gasteiger partial charge in [-0.05, 0) is 6.07 Å². The first-order valence-electron chi connectivity index (χ1n) is 2.67. The van der Waals surface area contributed by atoms with Gasteiger partial charge in [-0.1, -0.05) is 18.2 Å². The molecule has 0 unspecified atom stereocenters. The van der Waals surface area contributed by atoms with E-state index < -0.39 is 0 Å². The minimum absolute atomic E-state index is 0.222. The van der Waals surface area contributed by atoms with Gasteiger partial charge < -0.3 is 10.8 Å². The molecule has 0 bridgehead atoms. The van der Waals surface area contributed by atoms with Crippen molar-refractivity contribution in [2.24, 2.45) is 5.73 Å². The Morgan fingerprint density at radius 3 is 2.44 bits per heavy atom. The average Bonchev–Trinajstić information content (AvgIpc) is 1.89. The molecule has 0 spiro atoms. The van der Waals surface area contributed by atoms with Crippen LogP contribution in [0.25, 0.3) is 0 Å². The standard InChI is InChI=1S/C7H8NO/c8-5-6-3-1-2-4-7(6)9/h1-5,9H,8H2. The Hall–Kier alpha value is -1.02. The molecule has 47 valence electrons. The van der Waals surface area contributed by atoms with Crippen molar-refractivity contribution >= 4 is 0 Å². The summed E-state index contributed by atoms with van der Waals surface area (Å²) in [5, 5.41) is 9.00. The molecule has 1 aromatic carbocycles. The van der Waals surface area contributed by atoms with Crippen LogP contribution < -0.4 is 5.73 Å². The summed E-state index contributed by atoms with van der Waals surface area (Å²) in [6.07, 6.45) is 0. The molecule has 1 aromatic rings. The van der Waals surface area contributed by atoms with E-state index in [1.807, 2.05) is 6.07 Å². The number of phenols is 1. The monoisotopic (exact) mass is 122 g/mol. The van der Waals surface area contributed by atoms with Gasteiger partial charge in [0, 0.05) is 5.56 Å². The quantitative estimate of drug-likeness (QED) is 0.580. The van der Waals surface area contributed by atoms with Gasteiger partial charge in [0.15, 0.2) is 0 Å². The number of aromatic hydroxyl groups is 1. The number of para-hydroxylation sites is 1. The molecule has 1 radical (unpaired) electrons. The Kier molecular flexibility index (Phi) is 1.70. The number of rotatable bonds is 1. The first-order chi connectivity index (χ1) is 4.34. The van der Waals surface area contributed by atoms with Crippen molar-refractivity contribution in [2.45, 2.75) is 0 Å². The van der Waals surface area contributed by atoms with E-state index in [1.54, 1.807) is 18.2 Å². The van der Waals surface area contributed by atoms with E-state index >= 15 is 0 Å². The van der Waals surface area contributed by atoms with E-state index in [1.165, 1.54) is 6.54 Å². The minimum Gasteiger partial charge on any atom is -0.508 e. The van der Waals surface area contributed by atoms with E-state index in [0.29, 0.717) is 5.56 Å². The van der Waals surface area contributed by atoms with Crippen LogP contribution in [0.3, 0.4) is 0 Å². The van der Waals surface area contributed by atoms with Gasteiger partial charge in [-0.3, -0.25) is 0 Å². The molecular weight excluding hydrogens is 114 g/mol. The van der Waals surface area contributed by atoms with Crippen molar-refractivity contribution in [3.05, 3.63) is 36.4 Å². The highest BCUT2D eigenvalue weighted by Gasteiger charge is 1.93. The minimum atomic E-state index is 0.222. The molecule has 2 heteroatoms. The smallest absolute Gasteiger partial charge is 0.120 e. The fraction of sp³-hybridized carbons (Fsp3) is 0. The SMILES string of the molecule is N[CH]c1ccccc1O. The lowest BCUT2D eigenvalue weighted by molar-refractivity contribution is 0.472. The molecular formula is C7H8NO. The summed E-state index contributed by atoms with van der Waals surface area (Å²) in [5.41, 5.74) is 5.83. The highest BCUT2D eigenvalue weighted by molar-refractivity contribution is 5.36. The van der Waals surface area contributed by atoms with Crippen LogP contribution in [0, 0.1) is 6.54 Å². The van der Waals surface area contributed by atoms with Gasteiger partial charge in [-0.25, -0.2) is 0 Å². The molecule has 0 aliphatic rings. The van der Waals surface area contributed by atoms with Crippen molar-refractivity contribution < 1.29 is 5.11 Å². The molecule has 9 heavy (non-hydrogen) atoms. The zero-order valence-corrected chi connectivity index (χ0v) is 4.91. The second kappa shape index (κ2) is 2.51. The summed E-state index contributed by atoms with van der Waals surface area (Å²) in [7, 11) is 0.